The first-order valence-corrected chi connectivity index (χ1v) is 13.2. The molecular weight excluding hydrogens is 553 g/mol. The van der Waals surface area contributed by atoms with E-state index < -0.39 is 35.0 Å². The Morgan fingerprint density at radius 2 is 1.30 bits per heavy atom. The van der Waals surface area contributed by atoms with Crippen LogP contribution in [0.5, 0.6) is 5.75 Å². The Labute approximate surface area is 229 Å². The molecule has 0 atom stereocenters. The van der Waals surface area contributed by atoms with Crippen LogP contribution in [0.2, 0.25) is 0 Å². The molecule has 5 aromatic rings. The Kier molecular flexibility index (Phi) is 7.59. The third kappa shape index (κ3) is 5.56. The van der Waals surface area contributed by atoms with E-state index in [1.54, 1.807) is 48.5 Å². The third-order valence-corrected chi connectivity index (χ3v) is 7.60. The van der Waals surface area contributed by atoms with E-state index in [0.29, 0.717) is 33.5 Å². The maximum absolute atomic E-state index is 15.3. The fourth-order valence-corrected chi connectivity index (χ4v) is 5.70. The van der Waals surface area contributed by atoms with Gasteiger partial charge in [0.05, 0.1) is 10.3 Å². The zero-order valence-corrected chi connectivity index (χ0v) is 21.8. The molecule has 0 saturated heterocycles. The van der Waals surface area contributed by atoms with E-state index in [0.717, 1.165) is 28.8 Å². The van der Waals surface area contributed by atoms with Gasteiger partial charge in [0.1, 0.15) is 35.4 Å². The SMILES string of the molecule is CCCc1cc2cc(F)c(-c3ccc(-c4ccc(OCc5cc(F)c(C(F)(F)F)c(F)c5)cc4)cc3)c(F)c2s1. The normalized spacial score (nSPS) is 11.8. The predicted octanol–water partition coefficient (Wildman–Crippen LogP) is 10.3. The molecule has 0 saturated carbocycles. The van der Waals surface area contributed by atoms with Crippen molar-refractivity contribution in [3.05, 3.63) is 112 Å². The van der Waals surface area contributed by atoms with Gasteiger partial charge in [-0.05, 0) is 70.5 Å². The molecule has 1 nitrogen and oxygen atoms in total. The lowest BCUT2D eigenvalue weighted by Gasteiger charge is -2.12. The number of hydrogen-bond acceptors (Lipinski definition) is 2. The van der Waals surface area contributed by atoms with Gasteiger partial charge in [0, 0.05) is 4.88 Å². The Bertz CT molecular complexity index is 1650. The van der Waals surface area contributed by atoms with Crippen LogP contribution in [0.1, 0.15) is 29.3 Å². The minimum absolute atomic E-state index is 0.0798. The van der Waals surface area contributed by atoms with E-state index in [2.05, 4.69) is 0 Å². The number of aryl methyl sites for hydroxylation is 1. The summed E-state index contributed by atoms with van der Waals surface area (Å²) in [5.74, 6) is -4.29. The van der Waals surface area contributed by atoms with Crippen molar-refractivity contribution in [3.63, 3.8) is 0 Å². The highest BCUT2D eigenvalue weighted by Gasteiger charge is 2.37. The number of rotatable bonds is 7. The van der Waals surface area contributed by atoms with E-state index in [4.69, 9.17) is 4.74 Å². The van der Waals surface area contributed by atoms with Gasteiger partial charge < -0.3 is 4.74 Å². The van der Waals surface area contributed by atoms with Gasteiger partial charge in [-0.25, -0.2) is 17.6 Å². The minimum Gasteiger partial charge on any atom is -0.489 e. The molecule has 1 aromatic heterocycles. The highest BCUT2D eigenvalue weighted by atomic mass is 32.1. The second-order valence-electron chi connectivity index (χ2n) is 9.25. The molecule has 0 fully saturated rings. The highest BCUT2D eigenvalue weighted by molar-refractivity contribution is 7.19. The predicted molar refractivity (Wildman–Crippen MR) is 142 cm³/mol. The average Bonchev–Trinajstić information content (AvgIpc) is 3.30. The molecule has 9 heteroatoms. The molecule has 0 radical (unpaired) electrons. The fourth-order valence-electron chi connectivity index (χ4n) is 4.52. The molecule has 206 valence electrons. The molecule has 40 heavy (non-hydrogen) atoms. The first-order chi connectivity index (χ1) is 19.0. The van der Waals surface area contributed by atoms with Gasteiger partial charge in [-0.1, -0.05) is 49.7 Å². The summed E-state index contributed by atoms with van der Waals surface area (Å²) >= 11 is 1.34. The van der Waals surface area contributed by atoms with Crippen LogP contribution in [0.4, 0.5) is 30.7 Å². The van der Waals surface area contributed by atoms with Crippen LogP contribution in [-0.4, -0.2) is 0 Å². The van der Waals surface area contributed by atoms with Gasteiger partial charge in [0.25, 0.3) is 0 Å². The largest absolute Gasteiger partial charge is 0.489 e. The van der Waals surface area contributed by atoms with Gasteiger partial charge >= 0.3 is 6.18 Å². The smallest absolute Gasteiger partial charge is 0.422 e. The number of halogens is 7. The highest BCUT2D eigenvalue weighted by Crippen LogP contribution is 2.38. The maximum atomic E-state index is 15.3. The van der Waals surface area contributed by atoms with Crippen LogP contribution in [0.3, 0.4) is 0 Å². The fraction of sp³-hybridized carbons (Fsp3) is 0.161. The van der Waals surface area contributed by atoms with Crippen LogP contribution in [0.15, 0.2) is 72.8 Å². The van der Waals surface area contributed by atoms with Crippen molar-refractivity contribution >= 4 is 21.4 Å². The summed E-state index contributed by atoms with van der Waals surface area (Å²) in [6, 6.07) is 17.7. The monoisotopic (exact) mass is 574 g/mol. The quantitative estimate of drug-likeness (QED) is 0.176. The summed E-state index contributed by atoms with van der Waals surface area (Å²) in [6.45, 7) is 1.69. The maximum Gasteiger partial charge on any atom is 0.422 e. The molecule has 0 aliphatic carbocycles. The van der Waals surface area contributed by atoms with Gasteiger partial charge in [-0.15, -0.1) is 11.3 Å². The Morgan fingerprint density at radius 1 is 0.725 bits per heavy atom. The lowest BCUT2D eigenvalue weighted by Crippen LogP contribution is -2.12. The van der Waals surface area contributed by atoms with Gasteiger partial charge in [-0.3, -0.25) is 0 Å². The van der Waals surface area contributed by atoms with Crippen LogP contribution in [0.25, 0.3) is 32.3 Å². The number of ether oxygens (including phenoxy) is 1. The van der Waals surface area contributed by atoms with Crippen molar-refractivity contribution in [2.45, 2.75) is 32.5 Å². The van der Waals surface area contributed by atoms with Crippen LogP contribution >= 0.6 is 11.3 Å². The van der Waals surface area contributed by atoms with Crippen molar-refractivity contribution < 1.29 is 35.5 Å². The Balaban J connectivity index is 1.31. The van der Waals surface area contributed by atoms with Crippen molar-refractivity contribution in [3.8, 4) is 28.0 Å². The second-order valence-corrected chi connectivity index (χ2v) is 10.4. The summed E-state index contributed by atoms with van der Waals surface area (Å²) in [6.07, 6.45) is -3.42. The van der Waals surface area contributed by atoms with Crippen molar-refractivity contribution in [2.24, 2.45) is 0 Å². The van der Waals surface area contributed by atoms with E-state index in [9.17, 15) is 26.3 Å². The number of benzene rings is 4. The van der Waals surface area contributed by atoms with Gasteiger partial charge in [0.15, 0.2) is 5.82 Å². The number of fused-ring (bicyclic) bond motifs is 1. The molecule has 0 amide bonds. The summed E-state index contributed by atoms with van der Waals surface area (Å²) in [5.41, 5.74) is -0.171. The zero-order valence-electron chi connectivity index (χ0n) is 21.0. The molecule has 0 unspecified atom stereocenters. The van der Waals surface area contributed by atoms with E-state index in [1.807, 2.05) is 13.0 Å². The average molecular weight is 575 g/mol. The van der Waals surface area contributed by atoms with Crippen molar-refractivity contribution in [2.75, 3.05) is 0 Å². The molecule has 0 aliphatic heterocycles. The molecule has 0 N–H and O–H groups in total. The molecule has 0 bridgehead atoms. The van der Waals surface area contributed by atoms with Gasteiger partial charge in [0.2, 0.25) is 0 Å². The van der Waals surface area contributed by atoms with E-state index >= 15 is 4.39 Å². The van der Waals surface area contributed by atoms with E-state index in [-0.39, 0.29) is 17.7 Å². The zero-order chi connectivity index (χ0) is 28.6. The standard InChI is InChI=1S/C31H21F7OS/c1-2-3-23-14-21-15-24(32)27(29(35)30(21)40-23)20-6-4-18(5-7-20)19-8-10-22(11-9-19)39-16-17-12-25(33)28(26(34)13-17)31(36,37)38/h4-15H,2-3,16H2,1H3. The first kappa shape index (κ1) is 27.7. The molecular formula is C31H21F7OS. The van der Waals surface area contributed by atoms with Crippen LogP contribution in [-0.2, 0) is 19.2 Å². The summed E-state index contributed by atoms with van der Waals surface area (Å²) in [4.78, 5) is 1.01. The molecule has 1 heterocycles. The lowest BCUT2D eigenvalue weighted by molar-refractivity contribution is -0.142. The number of alkyl halides is 3. The first-order valence-electron chi connectivity index (χ1n) is 12.3. The number of thiophene rings is 1. The topological polar surface area (TPSA) is 9.23 Å². The molecule has 5 rings (SSSR count). The van der Waals surface area contributed by atoms with E-state index in [1.165, 1.54) is 17.4 Å². The Hall–Kier alpha value is -3.85. The van der Waals surface area contributed by atoms with Crippen LogP contribution < -0.4 is 4.74 Å². The molecule has 4 aromatic carbocycles. The van der Waals surface area contributed by atoms with Crippen LogP contribution in [0, 0.1) is 23.3 Å². The molecule has 0 aliphatic rings. The third-order valence-electron chi connectivity index (χ3n) is 6.40. The minimum atomic E-state index is -5.14. The summed E-state index contributed by atoms with van der Waals surface area (Å²) in [7, 11) is 0. The summed E-state index contributed by atoms with van der Waals surface area (Å²) in [5, 5.41) is 0.555. The van der Waals surface area contributed by atoms with Crippen molar-refractivity contribution in [1.29, 1.82) is 0 Å². The second kappa shape index (κ2) is 11.0. The summed E-state index contributed by atoms with van der Waals surface area (Å²) < 4.78 is 102. The Morgan fingerprint density at radius 3 is 1.88 bits per heavy atom. The lowest BCUT2D eigenvalue weighted by atomic mass is 9.99. The molecule has 0 spiro atoms. The van der Waals surface area contributed by atoms with Gasteiger partial charge in [-0.2, -0.15) is 13.2 Å². The van der Waals surface area contributed by atoms with Crippen molar-refractivity contribution in [1.82, 2.24) is 0 Å². The number of hydrogen-bond donors (Lipinski definition) is 0.